The second kappa shape index (κ2) is 8.49. The molecule has 2 aromatic rings. The molecule has 6 nitrogen and oxygen atoms in total. The molecular weight excluding hydrogens is 469 g/mol. The monoisotopic (exact) mass is 495 g/mol. The van der Waals surface area contributed by atoms with Gasteiger partial charge in [0.25, 0.3) is 5.91 Å². The summed E-state index contributed by atoms with van der Waals surface area (Å²) >= 11 is 2.27. The van der Waals surface area contributed by atoms with Gasteiger partial charge in [0.15, 0.2) is 11.9 Å². The van der Waals surface area contributed by atoms with E-state index in [1.807, 2.05) is 34.8 Å². The van der Waals surface area contributed by atoms with Gasteiger partial charge in [0, 0.05) is 34.6 Å². The lowest BCUT2D eigenvalue weighted by molar-refractivity contribution is -0.112. The molecule has 7 heteroatoms. The third-order valence-corrected chi connectivity index (χ3v) is 6.77. The first-order chi connectivity index (χ1) is 13.6. The summed E-state index contributed by atoms with van der Waals surface area (Å²) in [7, 11) is 1.87. The average Bonchev–Trinajstić information content (AvgIpc) is 3.12. The fraction of sp³-hybridized carbons (Fsp3) is 0.571. The lowest BCUT2D eigenvalue weighted by Crippen LogP contribution is -2.40. The molecule has 2 fully saturated rings. The van der Waals surface area contributed by atoms with Crippen molar-refractivity contribution in [2.75, 3.05) is 13.7 Å². The van der Waals surface area contributed by atoms with Gasteiger partial charge in [-0.05, 0) is 85.7 Å². The molecule has 1 aliphatic carbocycles. The Balaban J connectivity index is 1.64. The molecule has 2 heterocycles. The highest BCUT2D eigenvalue weighted by Gasteiger charge is 2.30. The van der Waals surface area contributed by atoms with Crippen LogP contribution >= 0.6 is 22.6 Å². The van der Waals surface area contributed by atoms with Gasteiger partial charge >= 0.3 is 0 Å². The smallest absolute Gasteiger partial charge is 0.274 e. The van der Waals surface area contributed by atoms with Crippen LogP contribution in [0.5, 0.6) is 0 Å². The Hall–Kier alpha value is -1.48. The predicted octanol–water partition coefficient (Wildman–Crippen LogP) is 4.17. The average molecular weight is 495 g/mol. The number of ether oxygens (including phenoxy) is 1. The van der Waals surface area contributed by atoms with E-state index in [2.05, 4.69) is 22.6 Å². The first-order valence-electron chi connectivity index (χ1n) is 10.1. The maximum absolute atomic E-state index is 13.4. The predicted molar refractivity (Wildman–Crippen MR) is 115 cm³/mol. The van der Waals surface area contributed by atoms with E-state index in [-0.39, 0.29) is 24.1 Å². The highest BCUT2D eigenvalue weighted by atomic mass is 127. The molecule has 1 unspecified atom stereocenters. The standard InChI is InChI=1S/C21H26IN3O3/c1-24(16-8-5-14(13-26)6-9-16)21(27)20-17-12-15(22)7-10-18(17)25(23-20)19-4-2-3-11-28-19/h7,10,12-14,16,19H,2-6,8-9,11H2,1H3. The zero-order valence-electron chi connectivity index (χ0n) is 16.1. The van der Waals surface area contributed by atoms with Crippen molar-refractivity contribution in [1.82, 2.24) is 14.7 Å². The van der Waals surface area contributed by atoms with E-state index in [0.29, 0.717) is 5.69 Å². The van der Waals surface area contributed by atoms with Gasteiger partial charge in [0.05, 0.1) is 5.52 Å². The summed E-state index contributed by atoms with van der Waals surface area (Å²) < 4.78 is 8.92. The van der Waals surface area contributed by atoms with Gasteiger partial charge in [0.2, 0.25) is 0 Å². The summed E-state index contributed by atoms with van der Waals surface area (Å²) in [6.07, 6.45) is 7.50. The minimum Gasteiger partial charge on any atom is -0.356 e. The summed E-state index contributed by atoms with van der Waals surface area (Å²) in [5, 5.41) is 5.63. The Morgan fingerprint density at radius 1 is 1.25 bits per heavy atom. The topological polar surface area (TPSA) is 64.4 Å². The molecule has 1 aliphatic heterocycles. The molecule has 2 aliphatic rings. The van der Waals surface area contributed by atoms with Crippen LogP contribution in [0.3, 0.4) is 0 Å². The summed E-state index contributed by atoms with van der Waals surface area (Å²) in [6, 6.07) is 6.28. The van der Waals surface area contributed by atoms with Gasteiger partial charge in [-0.25, -0.2) is 4.68 Å². The number of benzene rings is 1. The van der Waals surface area contributed by atoms with Crippen molar-refractivity contribution in [1.29, 1.82) is 0 Å². The lowest BCUT2D eigenvalue weighted by Gasteiger charge is -2.32. The van der Waals surface area contributed by atoms with Crippen molar-refractivity contribution in [3.8, 4) is 0 Å². The van der Waals surface area contributed by atoms with Crippen molar-refractivity contribution in [3.63, 3.8) is 0 Å². The second-order valence-corrected chi connectivity index (χ2v) is 9.14. The summed E-state index contributed by atoms with van der Waals surface area (Å²) in [6.45, 7) is 0.736. The number of hydrogen-bond acceptors (Lipinski definition) is 4. The Morgan fingerprint density at radius 2 is 2.04 bits per heavy atom. The highest BCUT2D eigenvalue weighted by Crippen LogP contribution is 2.31. The molecule has 0 N–H and O–H groups in total. The number of fused-ring (bicyclic) bond motifs is 1. The zero-order valence-corrected chi connectivity index (χ0v) is 18.3. The zero-order chi connectivity index (χ0) is 19.7. The summed E-state index contributed by atoms with van der Waals surface area (Å²) in [5.74, 6) is 0.0981. The van der Waals surface area contributed by atoms with Crippen LogP contribution in [0.15, 0.2) is 18.2 Å². The number of rotatable bonds is 4. The molecule has 1 aromatic heterocycles. The van der Waals surface area contributed by atoms with Crippen molar-refractivity contribution in [3.05, 3.63) is 27.5 Å². The van der Waals surface area contributed by atoms with Crippen LogP contribution in [0.25, 0.3) is 10.9 Å². The Labute approximate surface area is 178 Å². The molecule has 28 heavy (non-hydrogen) atoms. The van der Waals surface area contributed by atoms with Gasteiger partial charge in [-0.3, -0.25) is 4.79 Å². The number of carbonyl (C=O) groups is 2. The Bertz CT molecular complexity index is 867. The van der Waals surface area contributed by atoms with Gasteiger partial charge in [-0.1, -0.05) is 0 Å². The molecule has 1 atom stereocenters. The number of aldehydes is 1. The molecular formula is C21H26IN3O3. The van der Waals surface area contributed by atoms with Gasteiger partial charge < -0.3 is 14.4 Å². The van der Waals surface area contributed by atoms with Gasteiger partial charge in [-0.2, -0.15) is 5.10 Å². The number of halogens is 1. The fourth-order valence-electron chi connectivity index (χ4n) is 4.37. The van der Waals surface area contributed by atoms with Crippen LogP contribution in [-0.4, -0.2) is 46.6 Å². The maximum atomic E-state index is 13.4. The van der Waals surface area contributed by atoms with E-state index in [1.165, 1.54) is 0 Å². The molecule has 150 valence electrons. The first-order valence-corrected chi connectivity index (χ1v) is 11.2. The quantitative estimate of drug-likeness (QED) is 0.472. The normalized spacial score (nSPS) is 25.6. The van der Waals surface area contributed by atoms with E-state index in [1.54, 1.807) is 0 Å². The molecule has 0 radical (unpaired) electrons. The first kappa shape index (κ1) is 19.8. The molecule has 1 aromatic carbocycles. The van der Waals surface area contributed by atoms with Gasteiger partial charge in [-0.15, -0.1) is 0 Å². The van der Waals surface area contributed by atoms with E-state index >= 15 is 0 Å². The minimum atomic E-state index is -0.105. The third-order valence-electron chi connectivity index (χ3n) is 6.10. The minimum absolute atomic E-state index is 0.0453. The van der Waals surface area contributed by atoms with Crippen LogP contribution in [0.4, 0.5) is 0 Å². The molecule has 0 spiro atoms. The van der Waals surface area contributed by atoms with Crippen molar-refractivity contribution in [2.45, 2.75) is 57.2 Å². The molecule has 1 amide bonds. The summed E-state index contributed by atoms with van der Waals surface area (Å²) in [4.78, 5) is 26.2. The van der Waals surface area contributed by atoms with Gasteiger partial charge in [0.1, 0.15) is 6.29 Å². The van der Waals surface area contributed by atoms with Crippen LogP contribution in [0.2, 0.25) is 0 Å². The van der Waals surface area contributed by atoms with Crippen molar-refractivity contribution < 1.29 is 14.3 Å². The number of amides is 1. The number of hydrogen-bond donors (Lipinski definition) is 0. The lowest BCUT2D eigenvalue weighted by atomic mass is 9.86. The Morgan fingerprint density at radius 3 is 2.71 bits per heavy atom. The fourth-order valence-corrected chi connectivity index (χ4v) is 4.86. The molecule has 4 rings (SSSR count). The Kier molecular flexibility index (Phi) is 6.01. The number of nitrogens with zero attached hydrogens (tertiary/aromatic N) is 3. The van der Waals surface area contributed by atoms with Crippen LogP contribution in [0, 0.1) is 9.49 Å². The van der Waals surface area contributed by atoms with E-state index in [4.69, 9.17) is 9.84 Å². The van der Waals surface area contributed by atoms with Crippen molar-refractivity contribution >= 4 is 45.7 Å². The number of carbonyl (C=O) groups excluding carboxylic acids is 2. The van der Waals surface area contributed by atoms with E-state index in [9.17, 15) is 9.59 Å². The molecule has 0 bridgehead atoms. The second-order valence-electron chi connectivity index (χ2n) is 7.90. The molecule has 1 saturated carbocycles. The largest absolute Gasteiger partial charge is 0.356 e. The molecule has 1 saturated heterocycles. The van der Waals surface area contributed by atoms with Crippen molar-refractivity contribution in [2.24, 2.45) is 5.92 Å². The maximum Gasteiger partial charge on any atom is 0.274 e. The van der Waals surface area contributed by atoms with Crippen LogP contribution < -0.4 is 0 Å². The number of aromatic nitrogens is 2. The SMILES string of the molecule is CN(C(=O)c1nn(C2CCCCO2)c2ccc(I)cc12)C1CCC(C=O)CC1. The van der Waals surface area contributed by atoms with E-state index < -0.39 is 0 Å². The van der Waals surface area contributed by atoms with Crippen LogP contribution in [0.1, 0.15) is 61.7 Å². The van der Waals surface area contributed by atoms with Crippen LogP contribution in [-0.2, 0) is 9.53 Å². The van der Waals surface area contributed by atoms with E-state index in [0.717, 1.165) is 72.3 Å². The highest BCUT2D eigenvalue weighted by molar-refractivity contribution is 14.1. The third kappa shape index (κ3) is 3.83. The summed E-state index contributed by atoms with van der Waals surface area (Å²) in [5.41, 5.74) is 1.46.